The second-order valence-electron chi connectivity index (χ2n) is 4.54. The summed E-state index contributed by atoms with van der Waals surface area (Å²) in [5.74, 6) is -0.193. The minimum atomic E-state index is -0.193. The summed E-state index contributed by atoms with van der Waals surface area (Å²) in [6, 6.07) is 10.4. The number of hydrogen-bond donors (Lipinski definition) is 1. The molecule has 102 valence electrons. The number of halogens is 2. The standard InChI is InChI=1S/C15H13ClFN3/c16-12-5-6-15-19-13(10-20(15)9-12)8-18-7-11-3-1-2-4-14(11)17/h1-6,9-10,18H,7-8H2. The van der Waals surface area contributed by atoms with Crippen LogP contribution in [0.2, 0.25) is 5.02 Å². The molecule has 0 aliphatic rings. The van der Waals surface area contributed by atoms with Gasteiger partial charge in [-0.05, 0) is 18.2 Å². The molecule has 3 rings (SSSR count). The van der Waals surface area contributed by atoms with E-state index in [1.54, 1.807) is 18.2 Å². The largest absolute Gasteiger partial charge is 0.307 e. The molecular formula is C15H13ClFN3. The van der Waals surface area contributed by atoms with Gasteiger partial charge >= 0.3 is 0 Å². The van der Waals surface area contributed by atoms with E-state index in [4.69, 9.17) is 11.6 Å². The molecule has 0 bridgehead atoms. The summed E-state index contributed by atoms with van der Waals surface area (Å²) in [5.41, 5.74) is 2.39. The van der Waals surface area contributed by atoms with Crippen molar-refractivity contribution in [2.24, 2.45) is 0 Å². The van der Waals surface area contributed by atoms with Crippen LogP contribution in [0.25, 0.3) is 5.65 Å². The lowest BCUT2D eigenvalue weighted by atomic mass is 10.2. The number of imidazole rings is 1. The predicted octanol–water partition coefficient (Wildman–Crippen LogP) is 3.42. The molecule has 0 aliphatic heterocycles. The molecule has 0 radical (unpaired) electrons. The molecule has 3 aromatic rings. The Morgan fingerprint density at radius 1 is 1.10 bits per heavy atom. The van der Waals surface area contributed by atoms with E-state index in [9.17, 15) is 4.39 Å². The van der Waals surface area contributed by atoms with Crippen molar-refractivity contribution in [1.82, 2.24) is 14.7 Å². The first kappa shape index (κ1) is 13.1. The number of pyridine rings is 1. The second-order valence-corrected chi connectivity index (χ2v) is 4.98. The summed E-state index contributed by atoms with van der Waals surface area (Å²) in [5, 5.41) is 3.85. The van der Waals surface area contributed by atoms with Crippen molar-refractivity contribution in [2.75, 3.05) is 0 Å². The van der Waals surface area contributed by atoms with Gasteiger partial charge in [0, 0.05) is 31.0 Å². The molecule has 0 saturated heterocycles. The molecule has 0 saturated carbocycles. The molecule has 1 aromatic carbocycles. The van der Waals surface area contributed by atoms with Gasteiger partial charge in [-0.2, -0.15) is 0 Å². The van der Waals surface area contributed by atoms with E-state index in [0.29, 0.717) is 23.7 Å². The zero-order chi connectivity index (χ0) is 13.9. The van der Waals surface area contributed by atoms with Crippen LogP contribution in [0, 0.1) is 5.82 Å². The van der Waals surface area contributed by atoms with Crippen molar-refractivity contribution < 1.29 is 4.39 Å². The zero-order valence-electron chi connectivity index (χ0n) is 10.7. The van der Waals surface area contributed by atoms with E-state index in [1.165, 1.54) is 6.07 Å². The Bertz CT molecular complexity index is 739. The summed E-state index contributed by atoms with van der Waals surface area (Å²) in [6.45, 7) is 1.05. The molecule has 3 nitrogen and oxygen atoms in total. The van der Waals surface area contributed by atoms with Crippen LogP contribution in [0.3, 0.4) is 0 Å². The summed E-state index contributed by atoms with van der Waals surface area (Å²) in [7, 11) is 0. The zero-order valence-corrected chi connectivity index (χ0v) is 11.4. The third-order valence-corrected chi connectivity index (χ3v) is 3.27. The van der Waals surface area contributed by atoms with Gasteiger partial charge in [-0.1, -0.05) is 29.8 Å². The first-order valence-electron chi connectivity index (χ1n) is 6.29. The number of fused-ring (bicyclic) bond motifs is 1. The summed E-state index contributed by atoms with van der Waals surface area (Å²) >= 11 is 5.92. The van der Waals surface area contributed by atoms with E-state index in [2.05, 4.69) is 10.3 Å². The number of nitrogens with zero attached hydrogens (tertiary/aromatic N) is 2. The number of benzene rings is 1. The topological polar surface area (TPSA) is 29.3 Å². The van der Waals surface area contributed by atoms with E-state index >= 15 is 0 Å². The van der Waals surface area contributed by atoms with Gasteiger partial charge in [0.25, 0.3) is 0 Å². The highest BCUT2D eigenvalue weighted by atomic mass is 35.5. The van der Waals surface area contributed by atoms with Crippen molar-refractivity contribution >= 4 is 17.2 Å². The highest BCUT2D eigenvalue weighted by molar-refractivity contribution is 6.30. The van der Waals surface area contributed by atoms with Crippen LogP contribution < -0.4 is 5.32 Å². The predicted molar refractivity (Wildman–Crippen MR) is 77.1 cm³/mol. The molecule has 0 fully saturated rings. The van der Waals surface area contributed by atoms with Gasteiger partial charge < -0.3 is 9.72 Å². The molecule has 2 heterocycles. The minimum Gasteiger partial charge on any atom is -0.307 e. The summed E-state index contributed by atoms with van der Waals surface area (Å²) in [6.07, 6.45) is 3.72. The Labute approximate surface area is 121 Å². The molecular weight excluding hydrogens is 277 g/mol. The van der Waals surface area contributed by atoms with Crippen LogP contribution in [-0.4, -0.2) is 9.38 Å². The summed E-state index contributed by atoms with van der Waals surface area (Å²) in [4.78, 5) is 4.46. The van der Waals surface area contributed by atoms with E-state index < -0.39 is 0 Å². The van der Waals surface area contributed by atoms with Crippen LogP contribution in [-0.2, 0) is 13.1 Å². The maximum Gasteiger partial charge on any atom is 0.137 e. The Morgan fingerprint density at radius 2 is 1.95 bits per heavy atom. The molecule has 0 atom stereocenters. The van der Waals surface area contributed by atoms with Gasteiger partial charge in [0.1, 0.15) is 11.5 Å². The van der Waals surface area contributed by atoms with Crippen LogP contribution in [0.1, 0.15) is 11.3 Å². The number of hydrogen-bond acceptors (Lipinski definition) is 2. The van der Waals surface area contributed by atoms with Gasteiger partial charge in [-0.3, -0.25) is 0 Å². The molecule has 2 aromatic heterocycles. The van der Waals surface area contributed by atoms with Gasteiger partial charge in [0.05, 0.1) is 10.7 Å². The Morgan fingerprint density at radius 3 is 2.80 bits per heavy atom. The Balaban J connectivity index is 1.67. The Hall–Kier alpha value is -1.91. The number of rotatable bonds is 4. The highest BCUT2D eigenvalue weighted by Crippen LogP contribution is 2.12. The lowest BCUT2D eigenvalue weighted by molar-refractivity contribution is 0.586. The molecule has 5 heteroatoms. The molecule has 0 amide bonds. The first-order valence-corrected chi connectivity index (χ1v) is 6.67. The van der Waals surface area contributed by atoms with Gasteiger partial charge in [-0.15, -0.1) is 0 Å². The van der Waals surface area contributed by atoms with Crippen LogP contribution in [0.15, 0.2) is 48.8 Å². The third-order valence-electron chi connectivity index (χ3n) is 3.04. The van der Waals surface area contributed by atoms with E-state index in [1.807, 2.05) is 28.9 Å². The molecule has 0 unspecified atom stereocenters. The lowest BCUT2D eigenvalue weighted by Crippen LogP contribution is -2.13. The normalized spacial score (nSPS) is 11.1. The second kappa shape index (κ2) is 5.61. The lowest BCUT2D eigenvalue weighted by Gasteiger charge is -2.03. The molecule has 20 heavy (non-hydrogen) atoms. The third kappa shape index (κ3) is 2.81. The highest BCUT2D eigenvalue weighted by Gasteiger charge is 2.03. The molecule has 0 spiro atoms. The van der Waals surface area contributed by atoms with E-state index in [-0.39, 0.29) is 5.82 Å². The van der Waals surface area contributed by atoms with Gasteiger partial charge in [0.15, 0.2) is 0 Å². The smallest absolute Gasteiger partial charge is 0.137 e. The SMILES string of the molecule is Fc1ccccc1CNCc1cn2cc(Cl)ccc2n1. The van der Waals surface area contributed by atoms with Crippen LogP contribution in [0.4, 0.5) is 4.39 Å². The van der Waals surface area contributed by atoms with Crippen molar-refractivity contribution in [3.8, 4) is 0 Å². The first-order chi connectivity index (χ1) is 9.72. The minimum absolute atomic E-state index is 0.193. The van der Waals surface area contributed by atoms with Gasteiger partial charge in [-0.25, -0.2) is 9.37 Å². The maximum absolute atomic E-state index is 13.5. The van der Waals surface area contributed by atoms with E-state index in [0.717, 1.165) is 11.3 Å². The summed E-state index contributed by atoms with van der Waals surface area (Å²) < 4.78 is 15.3. The molecule has 1 N–H and O–H groups in total. The maximum atomic E-state index is 13.5. The fraction of sp³-hybridized carbons (Fsp3) is 0.133. The van der Waals surface area contributed by atoms with Crippen molar-refractivity contribution in [1.29, 1.82) is 0 Å². The Kier molecular flexibility index (Phi) is 3.67. The quantitative estimate of drug-likeness (QED) is 0.797. The van der Waals surface area contributed by atoms with Crippen molar-refractivity contribution in [2.45, 2.75) is 13.1 Å². The molecule has 0 aliphatic carbocycles. The van der Waals surface area contributed by atoms with Crippen LogP contribution >= 0.6 is 11.6 Å². The van der Waals surface area contributed by atoms with Gasteiger partial charge in [0.2, 0.25) is 0 Å². The fourth-order valence-corrected chi connectivity index (χ4v) is 2.24. The average molecular weight is 290 g/mol. The fourth-order valence-electron chi connectivity index (χ4n) is 2.07. The van der Waals surface area contributed by atoms with Crippen molar-refractivity contribution in [3.63, 3.8) is 0 Å². The van der Waals surface area contributed by atoms with Crippen molar-refractivity contribution in [3.05, 3.63) is 70.9 Å². The number of aromatic nitrogens is 2. The average Bonchev–Trinajstić information content (AvgIpc) is 2.83. The van der Waals surface area contributed by atoms with Crippen LogP contribution in [0.5, 0.6) is 0 Å². The monoisotopic (exact) mass is 289 g/mol. The number of nitrogens with one attached hydrogen (secondary N) is 1.